The average Bonchev–Trinajstić information content (AvgIpc) is 2.81. The minimum atomic E-state index is -0.378. The Kier molecular flexibility index (Phi) is 11.7. The van der Waals surface area contributed by atoms with Gasteiger partial charge < -0.3 is 14.6 Å². The van der Waals surface area contributed by atoms with Crippen LogP contribution in [-0.2, 0) is 19.1 Å². The van der Waals surface area contributed by atoms with Crippen LogP contribution in [0.3, 0.4) is 0 Å². The predicted octanol–water partition coefficient (Wildman–Crippen LogP) is 5.27. The number of rotatable bonds is 13. The Morgan fingerprint density at radius 3 is 2.09 bits per heavy atom. The van der Waals surface area contributed by atoms with E-state index in [-0.39, 0.29) is 43.1 Å². The fourth-order valence-corrected chi connectivity index (χ4v) is 5.56. The maximum atomic E-state index is 11.9. The van der Waals surface area contributed by atoms with Gasteiger partial charge in [-0.05, 0) is 69.1 Å². The molecule has 0 aliphatic heterocycles. The zero-order chi connectivity index (χ0) is 23.5. The van der Waals surface area contributed by atoms with Crippen LogP contribution in [0.15, 0.2) is 24.3 Å². The summed E-state index contributed by atoms with van der Waals surface area (Å²) in [6, 6.07) is 0. The summed E-state index contributed by atoms with van der Waals surface area (Å²) < 4.78 is 11.1. The van der Waals surface area contributed by atoms with Gasteiger partial charge >= 0.3 is 5.97 Å². The lowest BCUT2D eigenvalue weighted by molar-refractivity contribution is -0.142. The summed E-state index contributed by atoms with van der Waals surface area (Å²) in [5, 5.41) is 9.05. The van der Waals surface area contributed by atoms with E-state index in [0.717, 1.165) is 30.6 Å². The van der Waals surface area contributed by atoms with Crippen LogP contribution in [-0.4, -0.2) is 43.3 Å². The Morgan fingerprint density at radius 2 is 1.56 bits per heavy atom. The van der Waals surface area contributed by atoms with Gasteiger partial charge in [0.15, 0.2) is 5.78 Å². The lowest BCUT2D eigenvalue weighted by Gasteiger charge is -2.39. The fourth-order valence-electron chi connectivity index (χ4n) is 5.56. The first-order valence-electron chi connectivity index (χ1n) is 12.6. The number of hydrogen-bond donors (Lipinski definition) is 1. The second kappa shape index (κ2) is 13.9. The number of carbonyl (C=O) groups is 2. The van der Waals surface area contributed by atoms with Gasteiger partial charge in [0.05, 0.1) is 19.8 Å². The molecule has 0 saturated heterocycles. The Balaban J connectivity index is 1.84. The molecule has 2 fully saturated rings. The molecule has 0 spiro atoms. The van der Waals surface area contributed by atoms with Crippen molar-refractivity contribution >= 4 is 11.8 Å². The number of ether oxygens (including phenoxy) is 2. The first-order valence-corrected chi connectivity index (χ1v) is 12.6. The van der Waals surface area contributed by atoms with E-state index in [1.54, 1.807) is 6.92 Å². The van der Waals surface area contributed by atoms with Crippen molar-refractivity contribution in [1.82, 2.24) is 0 Å². The number of carbonyl (C=O) groups excluding carboxylic acids is 2. The first-order chi connectivity index (χ1) is 15.3. The highest BCUT2D eigenvalue weighted by molar-refractivity contribution is 5.95. The largest absolute Gasteiger partial charge is 0.462 e. The summed E-state index contributed by atoms with van der Waals surface area (Å²) in [5.74, 6) is 2.47. The lowest BCUT2D eigenvalue weighted by Crippen LogP contribution is -2.33. The lowest BCUT2D eigenvalue weighted by atomic mass is 9.67. The zero-order valence-corrected chi connectivity index (χ0v) is 20.3. The number of aliphatic hydroxyl groups excluding tert-OH is 1. The molecule has 2 rings (SSSR count). The van der Waals surface area contributed by atoms with Gasteiger partial charge in [-0.25, -0.2) is 4.79 Å². The fraction of sp³-hybridized carbons (Fsp3) is 0.778. The van der Waals surface area contributed by atoms with Crippen molar-refractivity contribution in [3.63, 3.8) is 0 Å². The second-order valence-electron chi connectivity index (χ2n) is 10.1. The molecule has 2 aliphatic rings. The molecule has 1 atom stereocenters. The topological polar surface area (TPSA) is 72.8 Å². The van der Waals surface area contributed by atoms with Gasteiger partial charge in [-0.1, -0.05) is 45.8 Å². The van der Waals surface area contributed by atoms with E-state index in [2.05, 4.69) is 20.1 Å². The van der Waals surface area contributed by atoms with Gasteiger partial charge in [-0.3, -0.25) is 4.79 Å². The second-order valence-corrected chi connectivity index (χ2v) is 10.1. The third kappa shape index (κ3) is 8.47. The molecular formula is C27H44O5. The number of ketones is 1. The van der Waals surface area contributed by atoms with Gasteiger partial charge in [-0.2, -0.15) is 0 Å². The van der Waals surface area contributed by atoms with Gasteiger partial charge in [0.1, 0.15) is 6.61 Å². The summed E-state index contributed by atoms with van der Waals surface area (Å²) in [5.41, 5.74) is 0.547. The highest BCUT2D eigenvalue weighted by Crippen LogP contribution is 2.43. The molecular weight excluding hydrogens is 404 g/mol. The highest BCUT2D eigenvalue weighted by Gasteiger charge is 2.34. The molecule has 0 aromatic carbocycles. The maximum Gasteiger partial charge on any atom is 0.333 e. The van der Waals surface area contributed by atoms with Crippen molar-refractivity contribution in [1.29, 1.82) is 0 Å². The van der Waals surface area contributed by atoms with Crippen molar-refractivity contribution in [2.75, 3.05) is 26.4 Å². The Morgan fingerprint density at radius 1 is 0.969 bits per heavy atom. The van der Waals surface area contributed by atoms with Crippen LogP contribution in [0.2, 0.25) is 0 Å². The smallest absolute Gasteiger partial charge is 0.333 e. The molecule has 0 aromatic rings. The van der Waals surface area contributed by atoms with Crippen LogP contribution in [0.4, 0.5) is 0 Å². The predicted molar refractivity (Wildman–Crippen MR) is 127 cm³/mol. The van der Waals surface area contributed by atoms with Crippen LogP contribution in [0.25, 0.3) is 0 Å². The summed E-state index contributed by atoms with van der Waals surface area (Å²) in [6.45, 7) is 11.3. The highest BCUT2D eigenvalue weighted by atomic mass is 16.5. The van der Waals surface area contributed by atoms with Crippen molar-refractivity contribution in [2.45, 2.75) is 78.1 Å². The normalized spacial score (nSPS) is 26.8. The van der Waals surface area contributed by atoms with Crippen LogP contribution in [0, 0.1) is 29.6 Å². The molecule has 0 bridgehead atoms. The Bertz CT molecular complexity index is 624. The van der Waals surface area contributed by atoms with E-state index in [1.807, 2.05) is 0 Å². The minimum absolute atomic E-state index is 0.0646. The van der Waals surface area contributed by atoms with E-state index in [1.165, 1.54) is 51.4 Å². The number of aliphatic hydroxyl groups is 1. The average molecular weight is 449 g/mol. The first kappa shape index (κ1) is 26.8. The maximum absolute atomic E-state index is 11.9. The number of Topliss-reactive ketones (excluding diaryl/α,β-unsaturated/α-hetero) is 1. The zero-order valence-electron chi connectivity index (χ0n) is 20.3. The molecule has 1 N–H and O–H groups in total. The van der Waals surface area contributed by atoms with Crippen molar-refractivity contribution in [2.24, 2.45) is 29.6 Å². The van der Waals surface area contributed by atoms with Crippen LogP contribution in [0.5, 0.6) is 0 Å². The van der Waals surface area contributed by atoms with Gasteiger partial charge in [-0.15, -0.1) is 0 Å². The summed E-state index contributed by atoms with van der Waals surface area (Å²) in [6.07, 6.45) is 13.0. The third-order valence-electron chi connectivity index (χ3n) is 7.67. The number of esters is 1. The molecule has 0 aromatic heterocycles. The van der Waals surface area contributed by atoms with Crippen molar-refractivity contribution in [3.05, 3.63) is 24.3 Å². The van der Waals surface area contributed by atoms with E-state index in [4.69, 9.17) is 14.6 Å². The molecule has 2 aliphatic carbocycles. The van der Waals surface area contributed by atoms with E-state index in [0.29, 0.717) is 18.1 Å². The SMILES string of the molecule is C=C(C)C(=O)OCC(COCC(=O)C(=C)CO)C1CCC(C2CCC(CCC)CC2)CC1. The van der Waals surface area contributed by atoms with Crippen LogP contribution in [0.1, 0.15) is 78.1 Å². The Hall–Kier alpha value is -1.46. The quantitative estimate of drug-likeness (QED) is 0.307. The molecule has 0 amide bonds. The molecule has 1 unspecified atom stereocenters. The van der Waals surface area contributed by atoms with Crippen LogP contribution < -0.4 is 0 Å². The molecule has 182 valence electrons. The number of hydrogen-bond acceptors (Lipinski definition) is 5. The summed E-state index contributed by atoms with van der Waals surface area (Å²) >= 11 is 0. The van der Waals surface area contributed by atoms with Crippen molar-refractivity contribution < 1.29 is 24.2 Å². The van der Waals surface area contributed by atoms with E-state index >= 15 is 0 Å². The summed E-state index contributed by atoms with van der Waals surface area (Å²) in [4.78, 5) is 23.8. The van der Waals surface area contributed by atoms with E-state index in [9.17, 15) is 9.59 Å². The molecule has 0 radical (unpaired) electrons. The molecule has 0 heterocycles. The monoisotopic (exact) mass is 448 g/mol. The Labute approximate surface area is 194 Å². The van der Waals surface area contributed by atoms with Crippen LogP contribution >= 0.6 is 0 Å². The molecule has 5 heteroatoms. The van der Waals surface area contributed by atoms with Gasteiger partial charge in [0, 0.05) is 17.1 Å². The minimum Gasteiger partial charge on any atom is -0.462 e. The molecule has 2 saturated carbocycles. The summed E-state index contributed by atoms with van der Waals surface area (Å²) in [7, 11) is 0. The van der Waals surface area contributed by atoms with E-state index < -0.39 is 0 Å². The molecule has 32 heavy (non-hydrogen) atoms. The molecule has 5 nitrogen and oxygen atoms in total. The van der Waals surface area contributed by atoms with Crippen molar-refractivity contribution in [3.8, 4) is 0 Å². The standard InChI is InChI=1S/C27H44O5/c1-5-6-21-7-9-22(10-8-21)23-11-13-24(14-12-23)25(17-32-27(30)19(2)3)16-31-18-26(29)20(4)15-28/h21-25,28H,2,4-18H2,1,3H3. The van der Waals surface area contributed by atoms with Gasteiger partial charge in [0.2, 0.25) is 0 Å². The van der Waals surface area contributed by atoms with Gasteiger partial charge in [0.25, 0.3) is 0 Å². The third-order valence-corrected chi connectivity index (χ3v) is 7.67.